The number of hydrogen-bond acceptors (Lipinski definition) is 10. The van der Waals surface area contributed by atoms with Gasteiger partial charge in [-0.1, -0.05) is 247 Å². The van der Waals surface area contributed by atoms with Crippen molar-refractivity contribution in [1.29, 1.82) is 0 Å². The molecule has 16 aromatic carbocycles. The smallest absolute Gasteiger partial charge is 0.452 e. The second-order valence-corrected chi connectivity index (χ2v) is 30.5. The zero-order chi connectivity index (χ0) is 71.2. The minimum atomic E-state index is -0.434. The molecule has 12 heteroatoms. The van der Waals surface area contributed by atoms with Crippen molar-refractivity contribution in [3.63, 3.8) is 0 Å². The number of fused-ring (bicyclic) bond motifs is 16. The molecule has 510 valence electrons. The molecule has 0 atom stereocenters. The van der Waals surface area contributed by atoms with E-state index in [1.807, 2.05) is 53.9 Å². The highest BCUT2D eigenvalue weighted by atomic mass is 35.5. The molecule has 0 unspecified atom stereocenters. The molecule has 0 N–H and O–H groups in total. The molecule has 8 nitrogen and oxygen atoms in total. The Morgan fingerprint density at radius 3 is 1.08 bits per heavy atom. The van der Waals surface area contributed by atoms with Crippen LogP contribution < -0.4 is 34.5 Å². The first-order chi connectivity index (χ1) is 51.9. The molecule has 0 amide bonds. The minimum Gasteiger partial charge on any atom is -0.452 e. The van der Waals surface area contributed by atoms with E-state index in [0.717, 1.165) is 117 Å². The molecule has 1 saturated heterocycles. The highest BCUT2D eigenvalue weighted by Gasteiger charge is 2.52. The number of ether oxygens (including phenoxy) is 2. The van der Waals surface area contributed by atoms with Crippen LogP contribution in [0.3, 0.4) is 0 Å². The molecule has 0 aromatic heterocycles. The molecule has 106 heavy (non-hydrogen) atoms. The van der Waals surface area contributed by atoms with Crippen LogP contribution >= 0.6 is 35.1 Å². The van der Waals surface area contributed by atoms with Crippen molar-refractivity contribution < 1.29 is 18.8 Å². The lowest BCUT2D eigenvalue weighted by molar-refractivity contribution is 0.00578. The van der Waals surface area contributed by atoms with Crippen LogP contribution in [-0.2, 0) is 9.31 Å². The van der Waals surface area contributed by atoms with Crippen LogP contribution in [0.15, 0.2) is 359 Å². The van der Waals surface area contributed by atoms with Crippen molar-refractivity contribution in [3.05, 3.63) is 345 Å². The molecular weight excluding hydrogens is 1360 g/mol. The zero-order valence-electron chi connectivity index (χ0n) is 58.5. The lowest BCUT2D eigenvalue weighted by Crippen LogP contribution is -2.41. The summed E-state index contributed by atoms with van der Waals surface area (Å²) in [6, 6.07) is 119. The maximum Gasteiger partial charge on any atom is 0.494 e. The van der Waals surface area contributed by atoms with Gasteiger partial charge in [-0.2, -0.15) is 0 Å². The largest absolute Gasteiger partial charge is 0.494 e. The number of rotatable bonds is 6. The fraction of sp³-hybridized carbons (Fsp3) is 0.0638. The average Bonchev–Trinajstić information content (AvgIpc) is 0.798. The number of nitrogens with zero attached hydrogens (tertiary/aromatic N) is 4. The first-order valence-electron chi connectivity index (χ1n) is 35.7. The number of anilines is 12. The summed E-state index contributed by atoms with van der Waals surface area (Å²) in [5.74, 6) is 3.40. The van der Waals surface area contributed by atoms with Gasteiger partial charge in [-0.25, -0.2) is 0 Å². The van der Waals surface area contributed by atoms with Gasteiger partial charge in [0.1, 0.15) is 0 Å². The standard InChI is InChI=1S/C44H28N2OS.C28H26BNO3.C22H14ClNS/c1-3-13-33(14-4-1)45-37-23-19-29-11-7-9-17-35(29)43(37)47-41-25-21-31(27-39(41)45)32-22-26-42-40(28-32)46(34-15-5-2-6-16-34)38-24-20-30-12-8-10-18-36(30)44(38)48-42;1-27(2)28(3,4)33-29(32-27)20-15-17-25-24(18-20)30(21-11-6-5-7-12-21)23-16-14-19-10-8-9-13-22(19)26(23)31-25;23-16-11-13-21-20(14-16)24(17-7-2-1-3-8-17)19-12-10-15-6-4-5-9-18(15)22(19)25-21/h1-28H;5-18H,1-4H3;1-14H. The van der Waals surface area contributed by atoms with Crippen molar-refractivity contribution >= 4 is 159 Å². The van der Waals surface area contributed by atoms with Crippen LogP contribution in [0, 0.1) is 0 Å². The van der Waals surface area contributed by atoms with E-state index in [9.17, 15) is 0 Å². The van der Waals surface area contributed by atoms with E-state index < -0.39 is 18.3 Å². The van der Waals surface area contributed by atoms with Crippen LogP contribution in [0.4, 0.5) is 68.2 Å². The quantitative estimate of drug-likeness (QED) is 0.151. The van der Waals surface area contributed by atoms with Gasteiger partial charge in [0.25, 0.3) is 0 Å². The first-order valence-corrected chi connectivity index (χ1v) is 37.7. The normalized spacial score (nSPS) is 14.5. The van der Waals surface area contributed by atoms with Gasteiger partial charge in [-0.05, 0) is 204 Å². The molecule has 1 fully saturated rings. The Morgan fingerprint density at radius 2 is 0.632 bits per heavy atom. The molecule has 5 heterocycles. The van der Waals surface area contributed by atoms with Gasteiger partial charge in [0.2, 0.25) is 0 Å². The zero-order valence-corrected chi connectivity index (χ0v) is 60.9. The maximum atomic E-state index is 6.72. The molecule has 0 saturated carbocycles. The predicted octanol–water partition coefficient (Wildman–Crippen LogP) is 27.3. The number of para-hydroxylation sites is 4. The Morgan fingerprint density at radius 1 is 0.292 bits per heavy atom. The van der Waals surface area contributed by atoms with Gasteiger partial charge in [-0.15, -0.1) is 0 Å². The van der Waals surface area contributed by atoms with Crippen LogP contribution in [0.5, 0.6) is 23.0 Å². The molecule has 0 aliphatic carbocycles. The van der Waals surface area contributed by atoms with E-state index in [4.69, 9.17) is 30.4 Å². The van der Waals surface area contributed by atoms with Gasteiger partial charge >= 0.3 is 7.12 Å². The summed E-state index contributed by atoms with van der Waals surface area (Å²) in [5, 5.41) is 10.3. The molecule has 5 aliphatic rings. The first kappa shape index (κ1) is 65.1. The third kappa shape index (κ3) is 11.5. The van der Waals surface area contributed by atoms with E-state index in [-0.39, 0.29) is 0 Å². The van der Waals surface area contributed by atoms with Crippen molar-refractivity contribution in [1.82, 2.24) is 0 Å². The second kappa shape index (κ2) is 26.5. The summed E-state index contributed by atoms with van der Waals surface area (Å²) in [7, 11) is -0.434. The van der Waals surface area contributed by atoms with E-state index >= 15 is 0 Å². The summed E-state index contributed by atoms with van der Waals surface area (Å²) in [6.07, 6.45) is 0. The Bertz CT molecular complexity index is 5940. The van der Waals surface area contributed by atoms with Gasteiger partial charge in [0.05, 0.1) is 56.7 Å². The fourth-order valence-corrected chi connectivity index (χ4v) is 17.5. The summed E-state index contributed by atoms with van der Waals surface area (Å²) < 4.78 is 25.9. The number of halogens is 1. The Balaban J connectivity index is 0.000000115. The van der Waals surface area contributed by atoms with Gasteiger partial charge < -0.3 is 38.4 Å². The highest BCUT2D eigenvalue weighted by Crippen LogP contribution is 2.59. The lowest BCUT2D eigenvalue weighted by Gasteiger charge is -2.35. The second-order valence-electron chi connectivity index (χ2n) is 27.9. The highest BCUT2D eigenvalue weighted by molar-refractivity contribution is 8.00. The SMILES string of the molecule is CC1(C)OB(c2ccc3c(c2)N(c2ccccc2)c2ccc4ccccc4c2O3)OC1(C)C.Clc1ccc2c(c1)N(c1ccccc1)c1ccc3ccccc3c1S2.c1ccc(N2c3cc(-c4ccc5c(c4)N(c4ccccc4)c4ccc6ccccc6c4S5)ccc3Oc3c2ccc2ccccc32)cc1. The lowest BCUT2D eigenvalue weighted by atomic mass is 9.78. The van der Waals surface area contributed by atoms with E-state index in [0.29, 0.717) is 0 Å². The Labute approximate surface area is 630 Å². The molecule has 0 radical (unpaired) electrons. The van der Waals surface area contributed by atoms with Crippen LogP contribution in [-0.4, -0.2) is 18.3 Å². The monoisotopic (exact) mass is 1430 g/mol. The van der Waals surface area contributed by atoms with Crippen molar-refractivity contribution in [2.24, 2.45) is 0 Å². The maximum absolute atomic E-state index is 6.72. The van der Waals surface area contributed by atoms with Crippen molar-refractivity contribution in [2.75, 3.05) is 19.6 Å². The molecule has 0 spiro atoms. The van der Waals surface area contributed by atoms with Gasteiger partial charge in [0, 0.05) is 58.1 Å². The van der Waals surface area contributed by atoms with Crippen LogP contribution in [0.1, 0.15) is 27.7 Å². The predicted molar refractivity (Wildman–Crippen MR) is 443 cm³/mol. The molecule has 5 aliphatic heterocycles. The number of benzene rings is 16. The van der Waals surface area contributed by atoms with Crippen LogP contribution in [0.2, 0.25) is 5.02 Å². The van der Waals surface area contributed by atoms with E-state index in [1.165, 1.54) is 58.2 Å². The van der Waals surface area contributed by atoms with Gasteiger partial charge in [-0.3, -0.25) is 0 Å². The van der Waals surface area contributed by atoms with Crippen LogP contribution in [0.25, 0.3) is 54.2 Å². The fourth-order valence-electron chi connectivity index (χ4n) is 15.0. The third-order valence-electron chi connectivity index (χ3n) is 20.9. The van der Waals surface area contributed by atoms with E-state index in [2.05, 4.69) is 357 Å². The number of hydrogen-bond donors (Lipinski definition) is 0. The summed E-state index contributed by atoms with van der Waals surface area (Å²) in [6.45, 7) is 8.30. The summed E-state index contributed by atoms with van der Waals surface area (Å²) in [5.41, 5.74) is 15.7. The third-order valence-corrected chi connectivity index (χ3v) is 23.6. The topological polar surface area (TPSA) is 49.9 Å². The average molecular weight is 1430 g/mol. The molecule has 16 aromatic rings. The molecule has 0 bridgehead atoms. The summed E-state index contributed by atoms with van der Waals surface area (Å²) in [4.78, 5) is 14.3. The summed E-state index contributed by atoms with van der Waals surface area (Å²) >= 11 is 9.99. The molecular formula is C94H68BClN4O4S2. The van der Waals surface area contributed by atoms with E-state index in [1.54, 1.807) is 0 Å². The Hall–Kier alpha value is -11.7. The van der Waals surface area contributed by atoms with Crippen molar-refractivity contribution in [3.8, 4) is 34.1 Å². The molecule has 21 rings (SSSR count). The minimum absolute atomic E-state index is 0.394. The van der Waals surface area contributed by atoms with Gasteiger partial charge in [0.15, 0.2) is 23.0 Å². The van der Waals surface area contributed by atoms with Crippen molar-refractivity contribution in [2.45, 2.75) is 58.5 Å². The Kier molecular flexibility index (Phi) is 16.3.